The Hall–Kier alpha value is -2.81. The van der Waals surface area contributed by atoms with E-state index in [4.69, 9.17) is 0 Å². The average Bonchev–Trinajstić information content (AvgIpc) is 3.39. The Bertz CT molecular complexity index is 1020. The number of hydrogen-bond donors (Lipinski definition) is 0. The molecule has 4 heterocycles. The van der Waals surface area contributed by atoms with Crippen LogP contribution in [-0.4, -0.2) is 41.6 Å². The Morgan fingerprint density at radius 2 is 2.22 bits per heavy atom. The van der Waals surface area contributed by atoms with Crippen LogP contribution >= 0.6 is 11.3 Å². The van der Waals surface area contributed by atoms with Gasteiger partial charge in [-0.05, 0) is 30.2 Å². The first-order valence-corrected chi connectivity index (χ1v) is 9.50. The number of aromatic nitrogens is 5. The maximum atomic E-state index is 13.7. The molecule has 1 aliphatic rings. The zero-order valence-electron chi connectivity index (χ0n) is 15.1. The lowest BCUT2D eigenvalue weighted by Crippen LogP contribution is -2.08. The molecule has 0 N–H and O–H groups in total. The van der Waals surface area contributed by atoms with Crippen LogP contribution in [-0.2, 0) is 13.0 Å². The fourth-order valence-electron chi connectivity index (χ4n) is 2.80. The van der Waals surface area contributed by atoms with Gasteiger partial charge in [0.25, 0.3) is 0 Å². The highest BCUT2D eigenvalue weighted by Crippen LogP contribution is 2.23. The van der Waals surface area contributed by atoms with Gasteiger partial charge in [-0.1, -0.05) is 16.0 Å². The quantitative estimate of drug-likeness (QED) is 0.613. The summed E-state index contributed by atoms with van der Waals surface area (Å²) in [7, 11) is 0. The summed E-state index contributed by atoms with van der Waals surface area (Å²) in [5, 5.41) is 19.4. The maximum absolute atomic E-state index is 13.7. The van der Waals surface area contributed by atoms with Gasteiger partial charge >= 0.3 is 0 Å². The highest BCUT2D eigenvalue weighted by Gasteiger charge is 2.26. The summed E-state index contributed by atoms with van der Waals surface area (Å²) < 4.78 is 17.3. The van der Waals surface area contributed by atoms with Crippen molar-refractivity contribution in [3.8, 4) is 0 Å². The van der Waals surface area contributed by atoms with Gasteiger partial charge < -0.3 is 0 Å². The van der Waals surface area contributed by atoms with E-state index in [0.29, 0.717) is 18.7 Å². The molecule has 1 unspecified atom stereocenters. The van der Waals surface area contributed by atoms with Crippen LogP contribution in [0, 0.1) is 5.82 Å². The normalized spacial score (nSPS) is 14.9. The lowest BCUT2D eigenvalue weighted by molar-refractivity contribution is -0.567. The van der Waals surface area contributed by atoms with Crippen LogP contribution in [0.4, 0.5) is 4.39 Å². The van der Waals surface area contributed by atoms with Crippen LogP contribution in [0.25, 0.3) is 0 Å². The van der Waals surface area contributed by atoms with Crippen LogP contribution < -0.4 is 0 Å². The monoisotopic (exact) mass is 384 g/mol. The van der Waals surface area contributed by atoms with Gasteiger partial charge in [-0.3, -0.25) is 9.67 Å². The molecule has 0 aromatic carbocycles. The molecule has 0 radical (unpaired) electrons. The second-order valence-corrected chi connectivity index (χ2v) is 7.52. The number of hydrazone groups is 1. The number of rotatable bonds is 6. The van der Waals surface area contributed by atoms with Crippen molar-refractivity contribution in [2.45, 2.75) is 39.3 Å². The SMILES string of the molecule is CC1=N[N+](C(C)c2nnc(Cc3ccn(Cc4ncccc4F)n3)s2)=CC1. The van der Waals surface area contributed by atoms with Crippen LogP contribution in [0.5, 0.6) is 0 Å². The zero-order chi connectivity index (χ0) is 18.8. The fourth-order valence-corrected chi connectivity index (χ4v) is 3.70. The van der Waals surface area contributed by atoms with Crippen molar-refractivity contribution in [2.24, 2.45) is 5.10 Å². The molecule has 0 amide bonds. The number of pyridine rings is 1. The van der Waals surface area contributed by atoms with E-state index in [1.54, 1.807) is 28.3 Å². The lowest BCUT2D eigenvalue weighted by Gasteiger charge is -2.01. The molecular formula is C18H19FN7S+. The molecule has 4 rings (SSSR count). The molecule has 1 aliphatic heterocycles. The minimum atomic E-state index is -0.325. The van der Waals surface area contributed by atoms with Crippen LogP contribution in [0.1, 0.15) is 47.7 Å². The smallest absolute Gasteiger partial charge is 0.233 e. The Morgan fingerprint density at radius 3 is 3.00 bits per heavy atom. The van der Waals surface area contributed by atoms with Gasteiger partial charge in [0.05, 0.1) is 30.1 Å². The summed E-state index contributed by atoms with van der Waals surface area (Å²) in [4.78, 5) is 4.06. The summed E-state index contributed by atoms with van der Waals surface area (Å²) in [5.74, 6) is -0.325. The van der Waals surface area contributed by atoms with Gasteiger partial charge in [-0.15, -0.1) is 10.2 Å². The molecule has 1 atom stereocenters. The van der Waals surface area contributed by atoms with E-state index in [2.05, 4.69) is 38.5 Å². The van der Waals surface area contributed by atoms with Gasteiger partial charge in [0.1, 0.15) is 10.8 Å². The maximum Gasteiger partial charge on any atom is 0.233 e. The molecule has 9 heteroatoms. The molecule has 3 aromatic heterocycles. The minimum absolute atomic E-state index is 0.0680. The third-order valence-corrected chi connectivity index (χ3v) is 5.36. The van der Waals surface area contributed by atoms with Gasteiger partial charge in [0.2, 0.25) is 6.04 Å². The first-order valence-electron chi connectivity index (χ1n) is 8.68. The van der Waals surface area contributed by atoms with E-state index in [1.165, 1.54) is 6.07 Å². The Kier molecular flexibility index (Phi) is 4.85. The molecule has 3 aromatic rings. The molecule has 0 saturated heterocycles. The lowest BCUT2D eigenvalue weighted by atomic mass is 10.3. The number of hydrogen-bond acceptors (Lipinski definition) is 6. The molecule has 0 saturated carbocycles. The van der Waals surface area contributed by atoms with E-state index in [1.807, 2.05) is 23.9 Å². The van der Waals surface area contributed by atoms with Crippen molar-refractivity contribution >= 4 is 23.3 Å². The minimum Gasteiger partial charge on any atom is -0.266 e. The van der Waals surface area contributed by atoms with Crippen molar-refractivity contribution < 1.29 is 9.07 Å². The van der Waals surface area contributed by atoms with E-state index >= 15 is 0 Å². The molecule has 0 spiro atoms. The Balaban J connectivity index is 1.43. The van der Waals surface area contributed by atoms with Crippen LogP contribution in [0.15, 0.2) is 35.7 Å². The summed E-state index contributed by atoms with van der Waals surface area (Å²) in [5.41, 5.74) is 2.33. The summed E-state index contributed by atoms with van der Waals surface area (Å²) in [6.07, 6.45) is 6.94. The summed E-state index contributed by atoms with van der Waals surface area (Å²) in [6.45, 7) is 4.38. The molecule has 0 bridgehead atoms. The largest absolute Gasteiger partial charge is 0.266 e. The molecule has 138 valence electrons. The van der Waals surface area contributed by atoms with Gasteiger partial charge in [-0.2, -0.15) is 5.10 Å². The van der Waals surface area contributed by atoms with Gasteiger partial charge in [-0.25, -0.2) is 4.39 Å². The number of nitrogens with zero attached hydrogens (tertiary/aromatic N) is 7. The molecule has 0 aliphatic carbocycles. The Morgan fingerprint density at radius 1 is 1.33 bits per heavy atom. The summed E-state index contributed by atoms with van der Waals surface area (Å²) >= 11 is 1.56. The molecular weight excluding hydrogens is 365 g/mol. The molecule has 7 nitrogen and oxygen atoms in total. The van der Waals surface area contributed by atoms with E-state index < -0.39 is 0 Å². The van der Waals surface area contributed by atoms with Crippen LogP contribution in [0.3, 0.4) is 0 Å². The highest BCUT2D eigenvalue weighted by molar-refractivity contribution is 7.11. The van der Waals surface area contributed by atoms with E-state index in [9.17, 15) is 4.39 Å². The molecule has 0 fully saturated rings. The topological polar surface area (TPSA) is 71.9 Å². The predicted molar refractivity (Wildman–Crippen MR) is 101 cm³/mol. The standard InChI is InChI=1S/C18H19FN7S/c1-12-5-9-26(23-12)13(2)18-22-21-17(27-18)10-14-6-8-25(24-14)11-16-15(19)4-3-7-20-16/h3-4,6-9,13H,5,10-11H2,1-2H3/q+1. The van der Waals surface area contributed by atoms with Crippen molar-refractivity contribution in [3.05, 3.63) is 57.8 Å². The second kappa shape index (κ2) is 7.43. The number of halogens is 1. The summed E-state index contributed by atoms with van der Waals surface area (Å²) in [6, 6.07) is 4.96. The van der Waals surface area contributed by atoms with Gasteiger partial charge in [0, 0.05) is 25.7 Å². The predicted octanol–water partition coefficient (Wildman–Crippen LogP) is 2.83. The van der Waals surface area contributed by atoms with E-state index in [0.717, 1.165) is 27.8 Å². The zero-order valence-corrected chi connectivity index (χ0v) is 15.9. The molecule has 27 heavy (non-hydrogen) atoms. The van der Waals surface area contributed by atoms with Crippen molar-refractivity contribution in [2.75, 3.05) is 0 Å². The van der Waals surface area contributed by atoms with Crippen LogP contribution in [0.2, 0.25) is 0 Å². The highest BCUT2D eigenvalue weighted by atomic mass is 32.1. The Labute approximate surface area is 159 Å². The first-order chi connectivity index (χ1) is 13.1. The fraction of sp³-hybridized carbons (Fsp3) is 0.333. The van der Waals surface area contributed by atoms with Crippen molar-refractivity contribution in [1.82, 2.24) is 25.0 Å². The van der Waals surface area contributed by atoms with E-state index in [-0.39, 0.29) is 11.9 Å². The third-order valence-electron chi connectivity index (χ3n) is 4.27. The van der Waals surface area contributed by atoms with Gasteiger partial charge in [0.15, 0.2) is 11.2 Å². The second-order valence-electron chi connectivity index (χ2n) is 6.43. The first kappa shape index (κ1) is 17.6. The van der Waals surface area contributed by atoms with Crippen molar-refractivity contribution in [1.29, 1.82) is 0 Å². The average molecular weight is 384 g/mol. The van der Waals surface area contributed by atoms with Crippen molar-refractivity contribution in [3.63, 3.8) is 0 Å². The third kappa shape index (κ3) is 3.97.